The van der Waals surface area contributed by atoms with Crippen LogP contribution in [0.2, 0.25) is 0 Å². The largest absolute Gasteiger partial charge is 0.497 e. The monoisotopic (exact) mass is 343 g/mol. The first-order chi connectivity index (χ1) is 12.2. The third-order valence-corrected chi connectivity index (χ3v) is 4.61. The predicted octanol–water partition coefficient (Wildman–Crippen LogP) is 3.33. The minimum atomic E-state index is 0.147. The molecule has 1 aliphatic rings. The number of benzene rings is 1. The Labute approximate surface area is 148 Å². The molecule has 6 nitrogen and oxygen atoms in total. The van der Waals surface area contributed by atoms with Gasteiger partial charge in [0.1, 0.15) is 5.75 Å². The van der Waals surface area contributed by atoms with E-state index in [1.165, 1.54) is 0 Å². The van der Waals surface area contributed by atoms with Gasteiger partial charge in [-0.2, -0.15) is 4.98 Å². The maximum absolute atomic E-state index is 12.7. The van der Waals surface area contributed by atoms with Crippen molar-refractivity contribution in [3.05, 3.63) is 41.5 Å². The highest BCUT2D eigenvalue weighted by Gasteiger charge is 2.29. The molecule has 1 fully saturated rings. The molecule has 25 heavy (non-hydrogen) atoms. The van der Waals surface area contributed by atoms with Crippen molar-refractivity contribution in [2.75, 3.05) is 13.7 Å². The van der Waals surface area contributed by atoms with Gasteiger partial charge in [-0.05, 0) is 37.0 Å². The number of amides is 1. The Bertz CT molecular complexity index is 696. The summed E-state index contributed by atoms with van der Waals surface area (Å²) in [4.78, 5) is 19.0. The Morgan fingerprint density at radius 1 is 1.32 bits per heavy atom. The number of nitrogens with zero attached hydrogens (tertiary/aromatic N) is 3. The summed E-state index contributed by atoms with van der Waals surface area (Å²) in [6.07, 6.45) is 4.73. The zero-order valence-electron chi connectivity index (χ0n) is 14.9. The number of likely N-dealkylation sites (tertiary alicyclic amines) is 1. The number of hydrogen-bond donors (Lipinski definition) is 0. The molecule has 134 valence electrons. The molecule has 1 saturated heterocycles. The fourth-order valence-corrected chi connectivity index (χ4v) is 3.31. The van der Waals surface area contributed by atoms with Crippen LogP contribution < -0.4 is 4.74 Å². The van der Waals surface area contributed by atoms with Crippen LogP contribution in [0.1, 0.15) is 55.9 Å². The smallest absolute Gasteiger partial charge is 0.227 e. The van der Waals surface area contributed by atoms with Crippen molar-refractivity contribution < 1.29 is 14.1 Å². The second-order valence-corrected chi connectivity index (χ2v) is 6.37. The third-order valence-electron chi connectivity index (χ3n) is 4.61. The molecule has 1 aromatic carbocycles. The van der Waals surface area contributed by atoms with Gasteiger partial charge < -0.3 is 14.2 Å². The van der Waals surface area contributed by atoms with E-state index in [1.807, 2.05) is 29.2 Å². The number of aromatic nitrogens is 2. The zero-order chi connectivity index (χ0) is 17.6. The van der Waals surface area contributed by atoms with Gasteiger partial charge in [0.2, 0.25) is 11.8 Å². The molecule has 0 spiro atoms. The normalized spacial score (nSPS) is 17.0. The molecule has 2 heterocycles. The van der Waals surface area contributed by atoms with E-state index in [-0.39, 0.29) is 11.9 Å². The van der Waals surface area contributed by atoms with Crippen LogP contribution in [0.5, 0.6) is 5.75 Å². The van der Waals surface area contributed by atoms with Crippen molar-refractivity contribution >= 4 is 5.91 Å². The first kappa shape index (κ1) is 17.5. The number of methoxy groups -OCH3 is 1. The van der Waals surface area contributed by atoms with E-state index in [2.05, 4.69) is 17.1 Å². The van der Waals surface area contributed by atoms with Gasteiger partial charge in [0, 0.05) is 25.8 Å². The van der Waals surface area contributed by atoms with Crippen LogP contribution in [-0.4, -0.2) is 34.6 Å². The average Bonchev–Trinajstić information content (AvgIpc) is 3.29. The van der Waals surface area contributed by atoms with Gasteiger partial charge in [-0.15, -0.1) is 0 Å². The second kappa shape index (κ2) is 8.14. The molecule has 1 atom stereocenters. The van der Waals surface area contributed by atoms with E-state index in [1.54, 1.807) is 7.11 Å². The molecule has 1 aliphatic heterocycles. The van der Waals surface area contributed by atoms with Gasteiger partial charge in [-0.3, -0.25) is 4.79 Å². The topological polar surface area (TPSA) is 68.5 Å². The standard InChI is InChI=1S/C19H25N3O3/c1-3-5-17-20-18(25-21-17)11-12-19(23)22-13-4-6-16(22)14-7-9-15(24-2)10-8-14/h7-10,16H,3-6,11-13H2,1-2H3. The molecule has 1 amide bonds. The summed E-state index contributed by atoms with van der Waals surface area (Å²) >= 11 is 0. The molecule has 0 aliphatic carbocycles. The van der Waals surface area contributed by atoms with Crippen LogP contribution >= 0.6 is 0 Å². The molecule has 6 heteroatoms. The number of carbonyl (C=O) groups is 1. The zero-order valence-corrected chi connectivity index (χ0v) is 14.9. The highest BCUT2D eigenvalue weighted by atomic mass is 16.5. The summed E-state index contributed by atoms with van der Waals surface area (Å²) in [6, 6.07) is 8.14. The van der Waals surface area contributed by atoms with Crippen molar-refractivity contribution in [1.82, 2.24) is 15.0 Å². The lowest BCUT2D eigenvalue weighted by molar-refractivity contribution is -0.132. The Morgan fingerprint density at radius 2 is 2.12 bits per heavy atom. The Morgan fingerprint density at radius 3 is 2.84 bits per heavy atom. The molecular weight excluding hydrogens is 318 g/mol. The van der Waals surface area contributed by atoms with Crippen LogP contribution in [0.4, 0.5) is 0 Å². The Hall–Kier alpha value is -2.37. The van der Waals surface area contributed by atoms with Crippen LogP contribution in [-0.2, 0) is 17.6 Å². The van der Waals surface area contributed by atoms with Crippen molar-refractivity contribution in [3.63, 3.8) is 0 Å². The number of carbonyl (C=O) groups excluding carboxylic acids is 1. The minimum absolute atomic E-state index is 0.147. The SMILES string of the molecule is CCCc1noc(CCC(=O)N2CCCC2c2ccc(OC)cc2)n1. The first-order valence-electron chi connectivity index (χ1n) is 8.96. The average molecular weight is 343 g/mol. The molecule has 1 aromatic heterocycles. The van der Waals surface area contributed by atoms with Crippen LogP contribution in [0.3, 0.4) is 0 Å². The summed E-state index contributed by atoms with van der Waals surface area (Å²) in [5.41, 5.74) is 1.16. The highest BCUT2D eigenvalue weighted by Crippen LogP contribution is 2.33. The number of aryl methyl sites for hydroxylation is 2. The van der Waals surface area contributed by atoms with Gasteiger partial charge in [-0.1, -0.05) is 24.2 Å². The van der Waals surface area contributed by atoms with Crippen molar-refractivity contribution in [2.24, 2.45) is 0 Å². The first-order valence-corrected chi connectivity index (χ1v) is 8.96. The van der Waals surface area contributed by atoms with Gasteiger partial charge in [0.15, 0.2) is 5.82 Å². The Kier molecular flexibility index (Phi) is 5.68. The van der Waals surface area contributed by atoms with Crippen molar-refractivity contribution in [3.8, 4) is 5.75 Å². The quantitative estimate of drug-likeness (QED) is 0.771. The summed E-state index contributed by atoms with van der Waals surface area (Å²) in [6.45, 7) is 2.88. The van der Waals surface area contributed by atoms with Crippen LogP contribution in [0.15, 0.2) is 28.8 Å². The lowest BCUT2D eigenvalue weighted by Crippen LogP contribution is -2.30. The summed E-state index contributed by atoms with van der Waals surface area (Å²) < 4.78 is 10.4. The van der Waals surface area contributed by atoms with E-state index in [0.29, 0.717) is 18.7 Å². The van der Waals surface area contributed by atoms with Gasteiger partial charge in [-0.25, -0.2) is 0 Å². The highest BCUT2D eigenvalue weighted by molar-refractivity contribution is 5.77. The van der Waals surface area contributed by atoms with E-state index >= 15 is 0 Å². The molecule has 0 N–H and O–H groups in total. The predicted molar refractivity (Wildman–Crippen MR) is 93.3 cm³/mol. The minimum Gasteiger partial charge on any atom is -0.497 e. The van der Waals surface area contributed by atoms with Crippen LogP contribution in [0, 0.1) is 0 Å². The second-order valence-electron chi connectivity index (χ2n) is 6.37. The van der Waals surface area contributed by atoms with Gasteiger partial charge in [0.25, 0.3) is 0 Å². The lowest BCUT2D eigenvalue weighted by atomic mass is 10.0. The number of hydrogen-bond acceptors (Lipinski definition) is 5. The molecule has 1 unspecified atom stereocenters. The van der Waals surface area contributed by atoms with E-state index in [4.69, 9.17) is 9.26 Å². The summed E-state index contributed by atoms with van der Waals surface area (Å²) in [7, 11) is 1.66. The maximum Gasteiger partial charge on any atom is 0.227 e. The van der Waals surface area contributed by atoms with Gasteiger partial charge in [0.05, 0.1) is 13.2 Å². The molecule has 2 aromatic rings. The fourth-order valence-electron chi connectivity index (χ4n) is 3.31. The van der Waals surface area contributed by atoms with Crippen molar-refractivity contribution in [1.29, 1.82) is 0 Å². The van der Waals surface area contributed by atoms with Crippen LogP contribution in [0.25, 0.3) is 0 Å². The molecule has 0 bridgehead atoms. The summed E-state index contributed by atoms with van der Waals surface area (Å²) in [5, 5.41) is 3.94. The maximum atomic E-state index is 12.7. The van der Waals surface area contributed by atoms with Crippen molar-refractivity contribution in [2.45, 2.75) is 51.5 Å². The molecule has 0 saturated carbocycles. The third kappa shape index (κ3) is 4.18. The number of ether oxygens (including phenoxy) is 1. The fraction of sp³-hybridized carbons (Fsp3) is 0.526. The number of rotatable bonds is 7. The lowest BCUT2D eigenvalue weighted by Gasteiger charge is -2.25. The summed E-state index contributed by atoms with van der Waals surface area (Å²) in [5.74, 6) is 2.26. The molecule has 0 radical (unpaired) electrons. The Balaban J connectivity index is 1.59. The van der Waals surface area contributed by atoms with E-state index < -0.39 is 0 Å². The molecular formula is C19H25N3O3. The van der Waals surface area contributed by atoms with Gasteiger partial charge >= 0.3 is 0 Å². The van der Waals surface area contributed by atoms with E-state index in [9.17, 15) is 4.79 Å². The molecule has 3 rings (SSSR count). The van der Waals surface area contributed by atoms with E-state index in [0.717, 1.165) is 49.4 Å².